The maximum atomic E-state index is 13.3. The minimum atomic E-state index is -0.968. The van der Waals surface area contributed by atoms with Gasteiger partial charge in [0.2, 0.25) is 5.91 Å². The van der Waals surface area contributed by atoms with Gasteiger partial charge in [0, 0.05) is 45.3 Å². The van der Waals surface area contributed by atoms with Crippen molar-refractivity contribution in [2.24, 2.45) is 23.7 Å². The van der Waals surface area contributed by atoms with Crippen molar-refractivity contribution in [3.05, 3.63) is 23.8 Å². The zero-order valence-electron chi connectivity index (χ0n) is 29.1. The van der Waals surface area contributed by atoms with Gasteiger partial charge in [0.1, 0.15) is 17.1 Å². The van der Waals surface area contributed by atoms with E-state index in [4.69, 9.17) is 23.7 Å². The Morgan fingerprint density at radius 3 is 2.31 bits per heavy atom. The third-order valence-electron chi connectivity index (χ3n) is 8.27. The third kappa shape index (κ3) is 14.6. The summed E-state index contributed by atoms with van der Waals surface area (Å²) in [5.74, 6) is 1.19. The SMILES string of the molecule is COCCCOc1cc(C[C@@H](C[C@H](NC(=O)OC(C)(C)C)[C@@H](O)C[C@H](C(=O)NC[C@@H]2CCCO2)C(C)C)C(C)C)cc(OC)c1. The van der Waals surface area contributed by atoms with Crippen LogP contribution in [0.2, 0.25) is 0 Å². The number of aliphatic hydroxyl groups excluding tert-OH is 1. The van der Waals surface area contributed by atoms with Crippen molar-refractivity contribution in [1.82, 2.24) is 10.6 Å². The van der Waals surface area contributed by atoms with Crippen molar-refractivity contribution in [2.45, 2.75) is 111 Å². The summed E-state index contributed by atoms with van der Waals surface area (Å²) in [5.41, 5.74) is 0.341. The first-order valence-electron chi connectivity index (χ1n) is 16.6. The first-order valence-corrected chi connectivity index (χ1v) is 16.6. The van der Waals surface area contributed by atoms with Crippen LogP contribution < -0.4 is 20.1 Å². The minimum Gasteiger partial charge on any atom is -0.497 e. The molecule has 1 aromatic rings. The predicted molar refractivity (Wildman–Crippen MR) is 176 cm³/mol. The van der Waals surface area contributed by atoms with Gasteiger partial charge in [-0.2, -0.15) is 0 Å². The van der Waals surface area contributed by atoms with Gasteiger partial charge in [0.25, 0.3) is 0 Å². The maximum Gasteiger partial charge on any atom is 0.407 e. The van der Waals surface area contributed by atoms with E-state index in [0.29, 0.717) is 38.3 Å². The molecular weight excluding hydrogens is 576 g/mol. The van der Waals surface area contributed by atoms with Crippen LogP contribution in [0.15, 0.2) is 18.2 Å². The fourth-order valence-electron chi connectivity index (χ4n) is 5.59. The molecule has 0 radical (unpaired) electrons. The Balaban J connectivity index is 2.24. The lowest BCUT2D eigenvalue weighted by Gasteiger charge is -2.33. The Bertz CT molecular complexity index is 1020. The summed E-state index contributed by atoms with van der Waals surface area (Å²) in [4.78, 5) is 26.2. The molecule has 1 fully saturated rings. The van der Waals surface area contributed by atoms with Gasteiger partial charge in [0.05, 0.1) is 32.0 Å². The number of rotatable bonds is 19. The number of hydrogen-bond acceptors (Lipinski definition) is 8. The Morgan fingerprint density at radius 2 is 1.73 bits per heavy atom. The summed E-state index contributed by atoms with van der Waals surface area (Å²) in [5, 5.41) is 17.6. The van der Waals surface area contributed by atoms with Crippen LogP contribution >= 0.6 is 0 Å². The number of benzene rings is 1. The summed E-state index contributed by atoms with van der Waals surface area (Å²) in [7, 11) is 3.30. The van der Waals surface area contributed by atoms with E-state index in [1.807, 2.05) is 32.0 Å². The van der Waals surface area contributed by atoms with Crippen LogP contribution in [0.1, 0.15) is 86.1 Å². The standard InChI is InChI=1S/C35H60N2O8/c1-23(2)26(16-25-17-28(42-9)20-29(18-25)44-15-11-13-41-8)19-31(37-34(40)45-35(5,6)7)32(38)21-30(24(3)4)33(39)36-22-27-12-10-14-43-27/h17-18,20,23-24,26-27,30-32,38H,10-16,19,21-22H2,1-9H3,(H,36,39)(H,37,40)/t26-,27-,30-,31-,32-/m0/s1. The Kier molecular flexibility index (Phi) is 16.5. The van der Waals surface area contributed by atoms with Crippen molar-refractivity contribution in [1.29, 1.82) is 0 Å². The Hall–Kier alpha value is -2.56. The molecule has 1 aromatic carbocycles. The number of methoxy groups -OCH3 is 2. The van der Waals surface area contributed by atoms with Gasteiger partial charge in [-0.25, -0.2) is 4.79 Å². The molecule has 0 spiro atoms. The average Bonchev–Trinajstić information content (AvgIpc) is 3.48. The van der Waals surface area contributed by atoms with Crippen LogP contribution in [0.25, 0.3) is 0 Å². The molecule has 0 saturated carbocycles. The largest absolute Gasteiger partial charge is 0.497 e. The monoisotopic (exact) mass is 636 g/mol. The van der Waals surface area contributed by atoms with Crippen LogP contribution in [0, 0.1) is 23.7 Å². The summed E-state index contributed by atoms with van der Waals surface area (Å²) >= 11 is 0. The number of ether oxygens (including phenoxy) is 5. The second-order valence-electron chi connectivity index (χ2n) is 13.9. The maximum absolute atomic E-state index is 13.3. The van der Waals surface area contributed by atoms with Gasteiger partial charge in [0.15, 0.2) is 0 Å². The smallest absolute Gasteiger partial charge is 0.407 e. The quantitative estimate of drug-likeness (QED) is 0.170. The molecule has 10 nitrogen and oxygen atoms in total. The topological polar surface area (TPSA) is 125 Å². The van der Waals surface area contributed by atoms with Crippen LogP contribution in [-0.4, -0.2) is 81.5 Å². The molecule has 1 saturated heterocycles. The lowest BCUT2D eigenvalue weighted by Crippen LogP contribution is -2.49. The highest BCUT2D eigenvalue weighted by molar-refractivity contribution is 5.79. The zero-order valence-corrected chi connectivity index (χ0v) is 29.1. The highest BCUT2D eigenvalue weighted by Gasteiger charge is 2.33. The highest BCUT2D eigenvalue weighted by atomic mass is 16.6. The summed E-state index contributed by atoms with van der Waals surface area (Å²) in [6.45, 7) is 16.0. The zero-order chi connectivity index (χ0) is 33.6. The molecule has 5 atom stereocenters. The number of amides is 2. The highest BCUT2D eigenvalue weighted by Crippen LogP contribution is 2.30. The minimum absolute atomic E-state index is 0.00804. The summed E-state index contributed by atoms with van der Waals surface area (Å²) in [6, 6.07) is 5.25. The van der Waals surface area contributed by atoms with Gasteiger partial charge < -0.3 is 39.4 Å². The molecule has 3 N–H and O–H groups in total. The number of aliphatic hydroxyl groups is 1. The van der Waals surface area contributed by atoms with E-state index in [-0.39, 0.29) is 36.2 Å². The molecule has 45 heavy (non-hydrogen) atoms. The third-order valence-corrected chi connectivity index (χ3v) is 8.27. The normalized spacial score (nSPS) is 17.9. The number of nitrogens with one attached hydrogen (secondary N) is 2. The number of alkyl carbamates (subject to hydrolysis) is 1. The Morgan fingerprint density at radius 1 is 1.02 bits per heavy atom. The molecule has 0 aromatic heterocycles. The second kappa shape index (κ2) is 19.2. The lowest BCUT2D eigenvalue weighted by molar-refractivity contribution is -0.128. The van der Waals surface area contributed by atoms with E-state index in [9.17, 15) is 14.7 Å². The lowest BCUT2D eigenvalue weighted by atomic mass is 9.80. The molecule has 0 unspecified atom stereocenters. The molecular formula is C35H60N2O8. The number of carbonyl (C=O) groups excluding carboxylic acids is 2. The van der Waals surface area contributed by atoms with Crippen molar-refractivity contribution in [2.75, 3.05) is 40.6 Å². The predicted octanol–water partition coefficient (Wildman–Crippen LogP) is 5.53. The van der Waals surface area contributed by atoms with Crippen molar-refractivity contribution < 1.29 is 38.4 Å². The van der Waals surface area contributed by atoms with Gasteiger partial charge in [-0.3, -0.25) is 4.79 Å². The van der Waals surface area contributed by atoms with Crippen LogP contribution in [0.4, 0.5) is 4.79 Å². The molecule has 2 amide bonds. The molecule has 0 aliphatic carbocycles. The van der Waals surface area contributed by atoms with Crippen molar-refractivity contribution in [3.8, 4) is 11.5 Å². The molecule has 1 aliphatic heterocycles. The second-order valence-corrected chi connectivity index (χ2v) is 13.9. The molecule has 10 heteroatoms. The van der Waals surface area contributed by atoms with E-state index in [1.54, 1.807) is 35.0 Å². The molecule has 0 bridgehead atoms. The summed E-state index contributed by atoms with van der Waals surface area (Å²) < 4.78 is 27.9. The molecule has 258 valence electrons. The Labute approximate surface area is 271 Å². The van der Waals surface area contributed by atoms with Crippen LogP contribution in [0.5, 0.6) is 11.5 Å². The molecule has 2 rings (SSSR count). The number of hydrogen-bond donors (Lipinski definition) is 3. The van der Waals surface area contributed by atoms with E-state index < -0.39 is 29.8 Å². The van der Waals surface area contributed by atoms with Crippen molar-refractivity contribution >= 4 is 12.0 Å². The van der Waals surface area contributed by atoms with E-state index in [0.717, 1.165) is 37.2 Å². The first-order chi connectivity index (χ1) is 21.2. The fourth-order valence-corrected chi connectivity index (χ4v) is 5.59. The van der Waals surface area contributed by atoms with Crippen LogP contribution in [0.3, 0.4) is 0 Å². The van der Waals surface area contributed by atoms with Crippen molar-refractivity contribution in [3.63, 3.8) is 0 Å². The van der Waals surface area contributed by atoms with Gasteiger partial charge in [-0.1, -0.05) is 27.7 Å². The number of carbonyl (C=O) groups is 2. The van der Waals surface area contributed by atoms with Gasteiger partial charge in [-0.15, -0.1) is 0 Å². The van der Waals surface area contributed by atoms with E-state index in [1.165, 1.54) is 0 Å². The van der Waals surface area contributed by atoms with Crippen LogP contribution in [-0.2, 0) is 25.4 Å². The molecule has 1 aliphatic rings. The van der Waals surface area contributed by atoms with Gasteiger partial charge >= 0.3 is 6.09 Å². The van der Waals surface area contributed by atoms with E-state index >= 15 is 0 Å². The average molecular weight is 637 g/mol. The van der Waals surface area contributed by atoms with E-state index in [2.05, 4.69) is 24.5 Å². The fraction of sp³-hybridized carbons (Fsp3) is 0.771. The first kappa shape index (κ1) is 38.6. The summed E-state index contributed by atoms with van der Waals surface area (Å²) in [6.07, 6.45) is 2.56. The van der Waals surface area contributed by atoms with Gasteiger partial charge in [-0.05, 0) is 88.3 Å². The molecule has 1 heterocycles.